The molecule has 0 aliphatic heterocycles. The molecule has 1 aromatic heterocycles. The van der Waals surface area contributed by atoms with Gasteiger partial charge in [-0.15, -0.1) is 0 Å². The second-order valence-corrected chi connectivity index (χ2v) is 8.71. The van der Waals surface area contributed by atoms with Gasteiger partial charge < -0.3 is 10.2 Å². The van der Waals surface area contributed by atoms with Crippen LogP contribution in [0.4, 0.5) is 11.9 Å². The lowest BCUT2D eigenvalue weighted by atomic mass is 10.1. The molecule has 0 spiro atoms. The van der Waals surface area contributed by atoms with Crippen LogP contribution in [-0.4, -0.2) is 56.3 Å². The van der Waals surface area contributed by atoms with Crippen molar-refractivity contribution in [2.24, 2.45) is 5.92 Å². The van der Waals surface area contributed by atoms with Crippen LogP contribution in [0.15, 0.2) is 0 Å². The molecule has 1 aliphatic rings. The SMILES string of the molecule is CC(C)c1nc(NCC2CCCC2NS(C)(=O)=O)nc(N(C)C)n1. The minimum atomic E-state index is -3.19. The molecule has 1 fully saturated rings. The number of nitrogens with zero attached hydrogens (tertiary/aromatic N) is 4. The molecule has 0 amide bonds. The lowest BCUT2D eigenvalue weighted by Gasteiger charge is -2.21. The minimum Gasteiger partial charge on any atom is -0.354 e. The third kappa shape index (κ3) is 5.27. The van der Waals surface area contributed by atoms with Crippen molar-refractivity contribution < 1.29 is 8.42 Å². The molecule has 1 aliphatic carbocycles. The quantitative estimate of drug-likeness (QED) is 0.757. The summed E-state index contributed by atoms with van der Waals surface area (Å²) in [6.07, 6.45) is 4.09. The van der Waals surface area contributed by atoms with E-state index in [0.29, 0.717) is 18.4 Å². The van der Waals surface area contributed by atoms with Gasteiger partial charge in [0.2, 0.25) is 21.9 Å². The van der Waals surface area contributed by atoms with Crippen LogP contribution in [0.25, 0.3) is 0 Å². The average molecular weight is 356 g/mol. The van der Waals surface area contributed by atoms with E-state index in [4.69, 9.17) is 0 Å². The summed E-state index contributed by atoms with van der Waals surface area (Å²) in [6.45, 7) is 4.73. The van der Waals surface area contributed by atoms with Gasteiger partial charge in [-0.2, -0.15) is 15.0 Å². The molecule has 2 atom stereocenters. The average Bonchev–Trinajstić information content (AvgIpc) is 2.89. The second kappa shape index (κ2) is 7.60. The molecule has 1 aromatic rings. The number of sulfonamides is 1. The zero-order chi connectivity index (χ0) is 17.9. The molecule has 0 saturated heterocycles. The smallest absolute Gasteiger partial charge is 0.229 e. The molecular formula is C15H28N6O2S. The first-order valence-corrected chi connectivity index (χ1v) is 10.2. The van der Waals surface area contributed by atoms with Gasteiger partial charge in [0.05, 0.1) is 6.26 Å². The Hall–Kier alpha value is -1.48. The molecule has 24 heavy (non-hydrogen) atoms. The third-order valence-corrected chi connectivity index (χ3v) is 4.84. The van der Waals surface area contributed by atoms with E-state index in [1.54, 1.807) is 0 Å². The van der Waals surface area contributed by atoms with E-state index in [-0.39, 0.29) is 17.9 Å². The molecule has 9 heteroatoms. The number of hydrogen-bond acceptors (Lipinski definition) is 7. The van der Waals surface area contributed by atoms with E-state index in [1.165, 1.54) is 6.26 Å². The summed E-state index contributed by atoms with van der Waals surface area (Å²) in [5.41, 5.74) is 0. The van der Waals surface area contributed by atoms with Gasteiger partial charge in [0.1, 0.15) is 5.82 Å². The number of hydrogen-bond donors (Lipinski definition) is 2. The van der Waals surface area contributed by atoms with Gasteiger partial charge in [0, 0.05) is 32.6 Å². The fourth-order valence-electron chi connectivity index (χ4n) is 2.85. The molecule has 0 radical (unpaired) electrons. The van der Waals surface area contributed by atoms with Crippen LogP contribution in [0, 0.1) is 5.92 Å². The van der Waals surface area contributed by atoms with Crippen LogP contribution in [0.1, 0.15) is 44.9 Å². The van der Waals surface area contributed by atoms with Gasteiger partial charge in [0.15, 0.2) is 0 Å². The number of aromatic nitrogens is 3. The van der Waals surface area contributed by atoms with Gasteiger partial charge in [-0.1, -0.05) is 20.3 Å². The number of rotatable bonds is 7. The fraction of sp³-hybridized carbons (Fsp3) is 0.800. The summed E-state index contributed by atoms with van der Waals surface area (Å²) >= 11 is 0. The number of nitrogens with one attached hydrogen (secondary N) is 2. The summed E-state index contributed by atoms with van der Waals surface area (Å²) in [6, 6.07) is -0.0211. The van der Waals surface area contributed by atoms with Crippen molar-refractivity contribution in [2.45, 2.75) is 45.1 Å². The zero-order valence-electron chi connectivity index (χ0n) is 15.1. The lowest BCUT2D eigenvalue weighted by Crippen LogP contribution is -2.39. The summed E-state index contributed by atoms with van der Waals surface area (Å²) in [5.74, 6) is 2.35. The summed E-state index contributed by atoms with van der Waals surface area (Å²) in [4.78, 5) is 15.2. The predicted molar refractivity (Wildman–Crippen MR) is 95.8 cm³/mol. The van der Waals surface area contributed by atoms with Crippen molar-refractivity contribution in [3.8, 4) is 0 Å². The van der Waals surface area contributed by atoms with E-state index in [1.807, 2.05) is 32.8 Å². The van der Waals surface area contributed by atoms with Gasteiger partial charge in [-0.3, -0.25) is 0 Å². The minimum absolute atomic E-state index is 0.0211. The molecule has 136 valence electrons. The topological polar surface area (TPSA) is 100 Å². The van der Waals surface area contributed by atoms with E-state index >= 15 is 0 Å². The predicted octanol–water partition coefficient (Wildman–Crippen LogP) is 1.19. The maximum Gasteiger partial charge on any atom is 0.229 e. The normalized spacial score (nSPS) is 21.2. The highest BCUT2D eigenvalue weighted by Gasteiger charge is 2.29. The third-order valence-electron chi connectivity index (χ3n) is 4.10. The van der Waals surface area contributed by atoms with Crippen LogP contribution < -0.4 is 14.9 Å². The first-order chi connectivity index (χ1) is 11.2. The van der Waals surface area contributed by atoms with Crippen molar-refractivity contribution in [3.05, 3.63) is 5.82 Å². The molecule has 2 rings (SSSR count). The molecule has 8 nitrogen and oxygen atoms in total. The maximum atomic E-state index is 11.5. The lowest BCUT2D eigenvalue weighted by molar-refractivity contribution is 0.462. The standard InChI is InChI=1S/C15H28N6O2S/c1-10(2)13-17-14(19-15(18-13)21(3)4)16-9-11-7-6-8-12(11)20-24(5,22)23/h10-12,20H,6-9H2,1-5H3,(H,16,17,18,19). The van der Waals surface area contributed by atoms with Crippen LogP contribution in [-0.2, 0) is 10.0 Å². The molecular weight excluding hydrogens is 328 g/mol. The van der Waals surface area contributed by atoms with Gasteiger partial charge in [-0.25, -0.2) is 13.1 Å². The Bertz CT molecular complexity index is 636. The molecule has 0 aromatic carbocycles. The molecule has 0 bridgehead atoms. The van der Waals surface area contributed by atoms with Gasteiger partial charge >= 0.3 is 0 Å². The van der Waals surface area contributed by atoms with E-state index in [9.17, 15) is 8.42 Å². The monoisotopic (exact) mass is 356 g/mol. The van der Waals surface area contributed by atoms with Crippen LogP contribution in [0.2, 0.25) is 0 Å². The molecule has 1 heterocycles. The van der Waals surface area contributed by atoms with Crippen molar-refractivity contribution >= 4 is 21.9 Å². The molecule has 1 saturated carbocycles. The Balaban J connectivity index is 2.08. The van der Waals surface area contributed by atoms with Crippen LogP contribution in [0.3, 0.4) is 0 Å². The Labute approximate surface area is 144 Å². The van der Waals surface area contributed by atoms with Crippen LogP contribution in [0.5, 0.6) is 0 Å². The first kappa shape index (κ1) is 18.9. The molecule has 2 N–H and O–H groups in total. The largest absolute Gasteiger partial charge is 0.354 e. The number of anilines is 2. The summed E-state index contributed by atoms with van der Waals surface area (Å²) in [5, 5.41) is 3.27. The van der Waals surface area contributed by atoms with E-state index in [0.717, 1.165) is 25.1 Å². The Morgan fingerprint density at radius 3 is 2.50 bits per heavy atom. The van der Waals surface area contributed by atoms with Gasteiger partial charge in [-0.05, 0) is 18.8 Å². The van der Waals surface area contributed by atoms with Crippen molar-refractivity contribution in [2.75, 3.05) is 37.1 Å². The Kier molecular flexibility index (Phi) is 5.97. The Morgan fingerprint density at radius 1 is 1.21 bits per heavy atom. The highest BCUT2D eigenvalue weighted by Crippen LogP contribution is 2.26. The first-order valence-electron chi connectivity index (χ1n) is 8.30. The van der Waals surface area contributed by atoms with Crippen molar-refractivity contribution in [3.63, 3.8) is 0 Å². The van der Waals surface area contributed by atoms with Crippen LogP contribution >= 0.6 is 0 Å². The highest BCUT2D eigenvalue weighted by molar-refractivity contribution is 7.88. The van der Waals surface area contributed by atoms with E-state index in [2.05, 4.69) is 25.0 Å². The maximum absolute atomic E-state index is 11.5. The van der Waals surface area contributed by atoms with Crippen molar-refractivity contribution in [1.29, 1.82) is 0 Å². The van der Waals surface area contributed by atoms with Gasteiger partial charge in [0.25, 0.3) is 0 Å². The summed E-state index contributed by atoms with van der Waals surface area (Å²) < 4.78 is 25.7. The second-order valence-electron chi connectivity index (χ2n) is 6.93. The van der Waals surface area contributed by atoms with Crippen molar-refractivity contribution in [1.82, 2.24) is 19.7 Å². The summed E-state index contributed by atoms with van der Waals surface area (Å²) in [7, 11) is 0.605. The fourth-order valence-corrected chi connectivity index (χ4v) is 3.71. The van der Waals surface area contributed by atoms with E-state index < -0.39 is 10.0 Å². The highest BCUT2D eigenvalue weighted by atomic mass is 32.2. The Morgan fingerprint density at radius 2 is 1.92 bits per heavy atom. The zero-order valence-corrected chi connectivity index (χ0v) is 15.9. The molecule has 2 unspecified atom stereocenters.